The number of aryl methyl sites for hydroxylation is 2. The fraction of sp³-hybridized carbons (Fsp3) is 0.211. The van der Waals surface area contributed by atoms with E-state index >= 15 is 0 Å². The summed E-state index contributed by atoms with van der Waals surface area (Å²) in [5.74, 6) is 0.0971. The second-order valence-corrected chi connectivity index (χ2v) is 6.60. The normalized spacial score (nSPS) is 11.3. The summed E-state index contributed by atoms with van der Waals surface area (Å²) in [5.41, 5.74) is 0.888. The monoisotopic (exact) mass is 394 g/mol. The zero-order chi connectivity index (χ0) is 20.7. The number of hydrogen-bond donors (Lipinski definition) is 3. The van der Waals surface area contributed by atoms with Crippen molar-refractivity contribution in [3.63, 3.8) is 0 Å². The molecule has 0 aliphatic heterocycles. The number of aliphatic hydroxyl groups excluding tert-OH is 1. The fourth-order valence-electron chi connectivity index (χ4n) is 3.20. The molecule has 148 valence electrons. The number of rotatable bonds is 4. The lowest BCUT2D eigenvalue weighted by Gasteiger charge is -2.14. The van der Waals surface area contributed by atoms with Crippen molar-refractivity contribution in [3.05, 3.63) is 63.2 Å². The Hall–Kier alpha value is -3.79. The molecule has 0 saturated carbocycles. The second kappa shape index (κ2) is 6.99. The molecule has 0 radical (unpaired) electrons. The van der Waals surface area contributed by atoms with Gasteiger partial charge in [-0.1, -0.05) is 11.2 Å². The Morgan fingerprint density at radius 2 is 2.10 bits per heavy atom. The van der Waals surface area contributed by atoms with E-state index in [1.807, 2.05) is 13.0 Å². The Labute approximate surface area is 163 Å². The van der Waals surface area contributed by atoms with E-state index in [4.69, 9.17) is 9.93 Å². The lowest BCUT2D eigenvalue weighted by atomic mass is 10.2. The van der Waals surface area contributed by atoms with E-state index in [9.17, 15) is 14.7 Å². The molecule has 0 aromatic carbocycles. The van der Waals surface area contributed by atoms with E-state index in [1.165, 1.54) is 21.1 Å². The van der Waals surface area contributed by atoms with Crippen molar-refractivity contribution >= 4 is 28.4 Å². The predicted octanol–water partition coefficient (Wildman–Crippen LogP) is 0.978. The van der Waals surface area contributed by atoms with Crippen LogP contribution in [0.3, 0.4) is 0 Å². The molecule has 0 spiro atoms. The number of amides is 1. The lowest BCUT2D eigenvalue weighted by Crippen LogP contribution is -2.33. The van der Waals surface area contributed by atoms with Crippen molar-refractivity contribution in [1.82, 2.24) is 19.1 Å². The number of carbonyl (C=O) groups is 1. The molecule has 0 saturated heterocycles. The molecule has 4 heterocycles. The van der Waals surface area contributed by atoms with Gasteiger partial charge in [0.2, 0.25) is 0 Å². The number of pyridine rings is 2. The minimum Gasteiger partial charge on any atom is -0.395 e. The number of nitrogens with one attached hydrogen (secondary N) is 2. The van der Waals surface area contributed by atoms with Crippen LogP contribution in [0.25, 0.3) is 16.7 Å². The highest BCUT2D eigenvalue weighted by Gasteiger charge is 2.18. The van der Waals surface area contributed by atoms with Crippen LogP contribution in [-0.2, 0) is 6.54 Å². The first-order chi connectivity index (χ1) is 13.9. The third-order valence-corrected chi connectivity index (χ3v) is 4.57. The number of fused-ring (bicyclic) bond motifs is 2. The summed E-state index contributed by atoms with van der Waals surface area (Å²) < 4.78 is 7.68. The minimum atomic E-state index is -0.620. The molecule has 4 rings (SSSR count). The van der Waals surface area contributed by atoms with Crippen molar-refractivity contribution in [2.75, 3.05) is 11.9 Å². The summed E-state index contributed by atoms with van der Waals surface area (Å²) >= 11 is 0. The minimum absolute atomic E-state index is 0.00795. The number of anilines is 1. The Balaban J connectivity index is 1.99. The number of carbonyl (C=O) groups excluding carboxylic acids is 1. The molecule has 0 fully saturated rings. The summed E-state index contributed by atoms with van der Waals surface area (Å²) in [5, 5.41) is 24.4. The van der Waals surface area contributed by atoms with Gasteiger partial charge in [-0.3, -0.25) is 19.4 Å². The van der Waals surface area contributed by atoms with Crippen LogP contribution in [0.2, 0.25) is 0 Å². The maximum absolute atomic E-state index is 13.1. The van der Waals surface area contributed by atoms with Gasteiger partial charge in [-0.05, 0) is 31.5 Å². The highest BCUT2D eigenvalue weighted by molar-refractivity contribution is 6.05. The van der Waals surface area contributed by atoms with Gasteiger partial charge in [0.25, 0.3) is 11.5 Å². The van der Waals surface area contributed by atoms with Gasteiger partial charge in [-0.2, -0.15) is 0 Å². The van der Waals surface area contributed by atoms with E-state index in [0.29, 0.717) is 11.4 Å². The molecule has 0 bridgehead atoms. The van der Waals surface area contributed by atoms with Gasteiger partial charge in [-0.25, -0.2) is 4.98 Å². The van der Waals surface area contributed by atoms with E-state index < -0.39 is 5.91 Å². The van der Waals surface area contributed by atoms with Gasteiger partial charge >= 0.3 is 0 Å². The van der Waals surface area contributed by atoms with Crippen molar-refractivity contribution in [3.8, 4) is 0 Å². The Kier molecular flexibility index (Phi) is 4.47. The van der Waals surface area contributed by atoms with Gasteiger partial charge in [0.05, 0.1) is 17.6 Å². The van der Waals surface area contributed by atoms with Crippen molar-refractivity contribution in [2.45, 2.75) is 20.4 Å². The molecule has 10 heteroatoms. The molecule has 1 amide bonds. The lowest BCUT2D eigenvalue weighted by molar-refractivity contribution is 0.102. The Bertz CT molecular complexity index is 1380. The summed E-state index contributed by atoms with van der Waals surface area (Å²) in [7, 11) is 0. The van der Waals surface area contributed by atoms with Gasteiger partial charge in [-0.15, -0.1) is 0 Å². The van der Waals surface area contributed by atoms with Crippen LogP contribution in [-0.4, -0.2) is 36.7 Å². The van der Waals surface area contributed by atoms with Crippen molar-refractivity contribution in [1.29, 1.82) is 5.41 Å². The molecular weight excluding hydrogens is 376 g/mol. The number of nitrogens with zero attached hydrogens (tertiary/aromatic N) is 4. The molecule has 0 aliphatic carbocycles. The van der Waals surface area contributed by atoms with Crippen LogP contribution in [0, 0.1) is 19.3 Å². The van der Waals surface area contributed by atoms with Crippen molar-refractivity contribution < 1.29 is 14.4 Å². The maximum Gasteiger partial charge on any atom is 0.267 e. The SMILES string of the molecule is Cc1cc(NC(=O)c2cc3c(=O)n4cccc(C)c4nc3n(CCO)c2=N)no1. The van der Waals surface area contributed by atoms with Gasteiger partial charge in [0.1, 0.15) is 22.5 Å². The predicted molar refractivity (Wildman–Crippen MR) is 104 cm³/mol. The molecule has 4 aromatic heterocycles. The number of aromatic nitrogens is 4. The first-order valence-electron chi connectivity index (χ1n) is 8.86. The summed E-state index contributed by atoms with van der Waals surface area (Å²) in [6.07, 6.45) is 1.60. The van der Waals surface area contributed by atoms with Gasteiger partial charge in [0.15, 0.2) is 5.82 Å². The molecule has 10 nitrogen and oxygen atoms in total. The van der Waals surface area contributed by atoms with Crippen LogP contribution in [0.1, 0.15) is 21.7 Å². The van der Waals surface area contributed by atoms with Crippen LogP contribution in [0.4, 0.5) is 5.82 Å². The standard InChI is InChI=1S/C19H18N6O4/c1-10-4-3-5-25-16(10)22-17-13(19(25)28)9-12(15(20)24(17)6-7-26)18(27)21-14-8-11(2)29-23-14/h3-5,8-9,20,26H,6-7H2,1-2H3,(H,21,23,27). The van der Waals surface area contributed by atoms with Gasteiger partial charge in [0, 0.05) is 18.8 Å². The first-order valence-corrected chi connectivity index (χ1v) is 8.86. The molecular formula is C19H18N6O4. The quantitative estimate of drug-likeness (QED) is 0.441. The van der Waals surface area contributed by atoms with Crippen LogP contribution in [0.15, 0.2) is 39.8 Å². The van der Waals surface area contributed by atoms with Crippen LogP contribution < -0.4 is 16.4 Å². The molecule has 0 aliphatic rings. The van der Waals surface area contributed by atoms with E-state index in [2.05, 4.69) is 15.5 Å². The molecule has 3 N–H and O–H groups in total. The van der Waals surface area contributed by atoms with Crippen molar-refractivity contribution in [2.24, 2.45) is 0 Å². The summed E-state index contributed by atoms with van der Waals surface area (Å²) in [6, 6.07) is 6.45. The Morgan fingerprint density at radius 3 is 2.79 bits per heavy atom. The zero-order valence-corrected chi connectivity index (χ0v) is 15.8. The summed E-state index contributed by atoms with van der Waals surface area (Å²) in [6.45, 7) is 3.23. The molecule has 0 atom stereocenters. The number of aliphatic hydroxyl groups is 1. The van der Waals surface area contributed by atoms with Crippen LogP contribution in [0.5, 0.6) is 0 Å². The van der Waals surface area contributed by atoms with E-state index in [-0.39, 0.29) is 46.6 Å². The Morgan fingerprint density at radius 1 is 1.31 bits per heavy atom. The third kappa shape index (κ3) is 3.09. The smallest absolute Gasteiger partial charge is 0.267 e. The third-order valence-electron chi connectivity index (χ3n) is 4.57. The molecule has 4 aromatic rings. The maximum atomic E-state index is 13.1. The average Bonchev–Trinajstić information content (AvgIpc) is 3.09. The molecule has 29 heavy (non-hydrogen) atoms. The van der Waals surface area contributed by atoms with E-state index in [1.54, 1.807) is 19.2 Å². The first kappa shape index (κ1) is 18.6. The van der Waals surface area contributed by atoms with E-state index in [0.717, 1.165) is 5.56 Å². The fourth-order valence-corrected chi connectivity index (χ4v) is 3.20. The largest absolute Gasteiger partial charge is 0.395 e. The highest BCUT2D eigenvalue weighted by Crippen LogP contribution is 2.14. The topological polar surface area (TPSA) is 139 Å². The van der Waals surface area contributed by atoms with Crippen LogP contribution >= 0.6 is 0 Å². The second-order valence-electron chi connectivity index (χ2n) is 6.60. The van der Waals surface area contributed by atoms with Gasteiger partial charge < -0.3 is 19.5 Å². The summed E-state index contributed by atoms with van der Waals surface area (Å²) in [4.78, 5) is 30.4. The molecule has 0 unspecified atom stereocenters. The number of hydrogen-bond acceptors (Lipinski definition) is 7. The zero-order valence-electron chi connectivity index (χ0n) is 15.8. The highest BCUT2D eigenvalue weighted by atomic mass is 16.5. The average molecular weight is 394 g/mol.